The van der Waals surface area contributed by atoms with Gasteiger partial charge in [-0.25, -0.2) is 9.37 Å². The van der Waals surface area contributed by atoms with Crippen LogP contribution in [-0.4, -0.2) is 17.0 Å². The van der Waals surface area contributed by atoms with Gasteiger partial charge in [0.05, 0.1) is 11.2 Å². The first-order valence-corrected chi connectivity index (χ1v) is 5.78. The molecule has 7 heteroatoms. The molecule has 94 valence electrons. The molecule has 2 rings (SSSR count). The lowest BCUT2D eigenvalue weighted by molar-refractivity contribution is 0.629. The number of rotatable bonds is 3. The molecule has 0 bridgehead atoms. The molecule has 0 aliphatic rings. The van der Waals surface area contributed by atoms with Gasteiger partial charge < -0.3 is 10.6 Å². The number of aromatic nitrogens is 2. The summed E-state index contributed by atoms with van der Waals surface area (Å²) < 4.78 is 13.3. The third kappa shape index (κ3) is 2.80. The van der Waals surface area contributed by atoms with Crippen molar-refractivity contribution >= 4 is 40.7 Å². The molecule has 0 fully saturated rings. The molecule has 1 aromatic heterocycles. The standard InChI is InChI=1S/C11H9Cl2FN4/c1-15-11-16-5-8(13)10(18-11)17-6-2-3-7(12)9(14)4-6/h2-5H,1H3,(H2,15,16,17,18). The maximum absolute atomic E-state index is 13.3. The quantitative estimate of drug-likeness (QED) is 0.903. The van der Waals surface area contributed by atoms with Crippen molar-refractivity contribution in [3.05, 3.63) is 40.3 Å². The van der Waals surface area contributed by atoms with E-state index >= 15 is 0 Å². The predicted molar refractivity (Wildman–Crippen MR) is 71.3 cm³/mol. The summed E-state index contributed by atoms with van der Waals surface area (Å²) in [7, 11) is 1.69. The summed E-state index contributed by atoms with van der Waals surface area (Å²) in [5.74, 6) is 0.287. The highest BCUT2D eigenvalue weighted by molar-refractivity contribution is 6.33. The number of anilines is 3. The molecule has 0 unspecified atom stereocenters. The fourth-order valence-corrected chi connectivity index (χ4v) is 1.54. The van der Waals surface area contributed by atoms with Crippen LogP contribution in [-0.2, 0) is 0 Å². The molecule has 4 nitrogen and oxygen atoms in total. The summed E-state index contributed by atoms with van der Waals surface area (Å²) in [6.07, 6.45) is 1.45. The van der Waals surface area contributed by atoms with Crippen molar-refractivity contribution in [3.8, 4) is 0 Å². The Morgan fingerprint density at radius 2 is 2.00 bits per heavy atom. The summed E-state index contributed by atoms with van der Waals surface area (Å²) in [5, 5.41) is 6.08. The molecule has 0 saturated heterocycles. The van der Waals surface area contributed by atoms with Crippen molar-refractivity contribution in [2.45, 2.75) is 0 Å². The van der Waals surface area contributed by atoms with E-state index in [1.165, 1.54) is 18.3 Å². The van der Waals surface area contributed by atoms with E-state index in [0.717, 1.165) is 0 Å². The molecular formula is C11H9Cl2FN4. The van der Waals surface area contributed by atoms with Gasteiger partial charge in [0.15, 0.2) is 5.82 Å². The highest BCUT2D eigenvalue weighted by atomic mass is 35.5. The lowest BCUT2D eigenvalue weighted by Crippen LogP contribution is -2.01. The van der Waals surface area contributed by atoms with E-state index < -0.39 is 5.82 Å². The van der Waals surface area contributed by atoms with E-state index in [-0.39, 0.29) is 5.02 Å². The second-order valence-electron chi connectivity index (χ2n) is 3.39. The second kappa shape index (κ2) is 5.37. The Morgan fingerprint density at radius 3 is 2.67 bits per heavy atom. The van der Waals surface area contributed by atoms with E-state index in [4.69, 9.17) is 23.2 Å². The van der Waals surface area contributed by atoms with Gasteiger partial charge in [-0.1, -0.05) is 23.2 Å². The highest BCUT2D eigenvalue weighted by Crippen LogP contribution is 2.25. The Labute approximate surface area is 113 Å². The lowest BCUT2D eigenvalue weighted by Gasteiger charge is -2.09. The third-order valence-electron chi connectivity index (χ3n) is 2.15. The van der Waals surface area contributed by atoms with Gasteiger partial charge in [-0.2, -0.15) is 4.98 Å². The zero-order chi connectivity index (χ0) is 13.1. The Kier molecular flexibility index (Phi) is 3.84. The van der Waals surface area contributed by atoms with Crippen LogP contribution in [0.4, 0.5) is 21.8 Å². The lowest BCUT2D eigenvalue weighted by atomic mass is 10.3. The summed E-state index contributed by atoms with van der Waals surface area (Å²) in [6, 6.07) is 4.34. The number of hydrogen-bond acceptors (Lipinski definition) is 4. The maximum Gasteiger partial charge on any atom is 0.224 e. The molecule has 1 heterocycles. The molecule has 2 aromatic rings. The van der Waals surface area contributed by atoms with Gasteiger partial charge >= 0.3 is 0 Å². The summed E-state index contributed by atoms with van der Waals surface area (Å²) >= 11 is 11.5. The van der Waals surface area contributed by atoms with E-state index in [1.807, 2.05) is 0 Å². The predicted octanol–water partition coefficient (Wildman–Crippen LogP) is 3.71. The number of halogens is 3. The molecular weight excluding hydrogens is 278 g/mol. The van der Waals surface area contributed by atoms with Crippen LogP contribution in [0, 0.1) is 5.82 Å². The molecule has 0 atom stereocenters. The first-order chi connectivity index (χ1) is 8.60. The number of benzene rings is 1. The highest BCUT2D eigenvalue weighted by Gasteiger charge is 2.07. The molecule has 18 heavy (non-hydrogen) atoms. The molecule has 2 N–H and O–H groups in total. The Morgan fingerprint density at radius 1 is 1.22 bits per heavy atom. The van der Waals surface area contributed by atoms with Gasteiger partial charge in [-0.05, 0) is 18.2 Å². The molecule has 0 radical (unpaired) electrons. The normalized spacial score (nSPS) is 10.2. The molecule has 1 aromatic carbocycles. The average molecular weight is 287 g/mol. The van der Waals surface area contributed by atoms with Crippen LogP contribution in [0.5, 0.6) is 0 Å². The van der Waals surface area contributed by atoms with Crippen molar-refractivity contribution in [2.24, 2.45) is 0 Å². The van der Waals surface area contributed by atoms with Gasteiger partial charge in [0.1, 0.15) is 10.8 Å². The maximum atomic E-state index is 13.3. The van der Waals surface area contributed by atoms with Gasteiger partial charge in [0.2, 0.25) is 5.95 Å². The summed E-state index contributed by atoms with van der Waals surface area (Å²) in [6.45, 7) is 0. The fraction of sp³-hybridized carbons (Fsp3) is 0.0909. The minimum absolute atomic E-state index is 0.0604. The van der Waals surface area contributed by atoms with Gasteiger partial charge in [-0.3, -0.25) is 0 Å². The minimum Gasteiger partial charge on any atom is -0.357 e. The van der Waals surface area contributed by atoms with Gasteiger partial charge in [0, 0.05) is 12.7 Å². The number of nitrogens with one attached hydrogen (secondary N) is 2. The Bertz CT molecular complexity index is 577. The van der Waals surface area contributed by atoms with Crippen LogP contribution in [0.1, 0.15) is 0 Å². The van der Waals surface area contributed by atoms with Crippen LogP contribution in [0.15, 0.2) is 24.4 Å². The van der Waals surface area contributed by atoms with Gasteiger partial charge in [0.25, 0.3) is 0 Å². The monoisotopic (exact) mass is 286 g/mol. The van der Waals surface area contributed by atoms with Gasteiger partial charge in [-0.15, -0.1) is 0 Å². The summed E-state index contributed by atoms with van der Waals surface area (Å²) in [5.41, 5.74) is 0.500. The van der Waals surface area contributed by atoms with Crippen molar-refractivity contribution in [1.82, 2.24) is 9.97 Å². The molecule has 0 spiro atoms. The first-order valence-electron chi connectivity index (χ1n) is 5.02. The van der Waals surface area contributed by atoms with Crippen molar-refractivity contribution in [1.29, 1.82) is 0 Å². The van der Waals surface area contributed by atoms with E-state index in [9.17, 15) is 4.39 Å². The van der Waals surface area contributed by atoms with Crippen LogP contribution < -0.4 is 10.6 Å². The van der Waals surface area contributed by atoms with Crippen LogP contribution in [0.2, 0.25) is 10.0 Å². The van der Waals surface area contributed by atoms with E-state index in [2.05, 4.69) is 20.6 Å². The zero-order valence-corrected chi connectivity index (χ0v) is 10.8. The Hall–Kier alpha value is -1.59. The van der Waals surface area contributed by atoms with Crippen molar-refractivity contribution in [3.63, 3.8) is 0 Å². The molecule has 0 amide bonds. The smallest absolute Gasteiger partial charge is 0.224 e. The molecule has 0 aliphatic heterocycles. The molecule has 0 aliphatic carbocycles. The van der Waals surface area contributed by atoms with E-state index in [1.54, 1.807) is 13.1 Å². The molecule has 0 saturated carbocycles. The zero-order valence-electron chi connectivity index (χ0n) is 9.34. The third-order valence-corrected chi connectivity index (χ3v) is 2.73. The Balaban J connectivity index is 2.30. The van der Waals surface area contributed by atoms with Crippen LogP contribution in [0.3, 0.4) is 0 Å². The topological polar surface area (TPSA) is 49.8 Å². The SMILES string of the molecule is CNc1ncc(Cl)c(Nc2ccc(Cl)c(F)c2)n1. The van der Waals surface area contributed by atoms with Crippen LogP contribution in [0.25, 0.3) is 0 Å². The van der Waals surface area contributed by atoms with Crippen molar-refractivity contribution in [2.75, 3.05) is 17.7 Å². The minimum atomic E-state index is -0.513. The van der Waals surface area contributed by atoms with Crippen molar-refractivity contribution < 1.29 is 4.39 Å². The number of hydrogen-bond donors (Lipinski definition) is 2. The largest absolute Gasteiger partial charge is 0.357 e. The fourth-order valence-electron chi connectivity index (χ4n) is 1.29. The van der Waals surface area contributed by atoms with Crippen LogP contribution >= 0.6 is 23.2 Å². The first kappa shape index (κ1) is 12.9. The average Bonchev–Trinajstić information content (AvgIpc) is 2.36. The second-order valence-corrected chi connectivity index (χ2v) is 4.21. The van der Waals surface area contributed by atoms with E-state index in [0.29, 0.717) is 22.5 Å². The summed E-state index contributed by atoms with van der Waals surface area (Å²) in [4.78, 5) is 8.06. The number of nitrogens with zero attached hydrogens (tertiary/aromatic N) is 2.